The monoisotopic (exact) mass is 335 g/mol. The highest BCUT2D eigenvalue weighted by Gasteiger charge is 2.21. The van der Waals surface area contributed by atoms with Crippen LogP contribution in [0.15, 0.2) is 24.3 Å². The van der Waals surface area contributed by atoms with Crippen LogP contribution in [-0.2, 0) is 15.8 Å². The third-order valence-electron chi connectivity index (χ3n) is 2.84. The van der Waals surface area contributed by atoms with E-state index >= 15 is 0 Å². The molecule has 1 heterocycles. The van der Waals surface area contributed by atoms with Crippen LogP contribution in [0.1, 0.15) is 31.5 Å². The zero-order chi connectivity index (χ0) is 16.3. The average molecular weight is 335 g/mol. The normalized spacial score (nSPS) is 11.0. The predicted octanol–water partition coefficient (Wildman–Crippen LogP) is 1.89. The van der Waals surface area contributed by atoms with Gasteiger partial charge in [-0.3, -0.25) is 4.79 Å². The Balaban J connectivity index is 2.20. The Morgan fingerprint density at radius 2 is 2.05 bits per heavy atom. The lowest BCUT2D eigenvalue weighted by molar-refractivity contribution is 0.0984. The third kappa shape index (κ3) is 3.69. The summed E-state index contributed by atoms with van der Waals surface area (Å²) in [4.78, 5) is 16.4. The summed E-state index contributed by atoms with van der Waals surface area (Å²) in [6, 6.07) is 8.30. The molecule has 0 saturated heterocycles. The van der Waals surface area contributed by atoms with Gasteiger partial charge in [0.2, 0.25) is 10.0 Å². The second-order valence-electron chi connectivity index (χ2n) is 4.61. The van der Waals surface area contributed by atoms with Gasteiger partial charge in [0.25, 0.3) is 5.91 Å². The van der Waals surface area contributed by atoms with Gasteiger partial charge >= 0.3 is 0 Å². The van der Waals surface area contributed by atoms with Gasteiger partial charge in [-0.1, -0.05) is 18.2 Å². The molecule has 0 atom stereocenters. The second kappa shape index (κ2) is 6.25. The van der Waals surface area contributed by atoms with Crippen LogP contribution in [0.2, 0.25) is 0 Å². The number of carbonyl (C=O) groups is 1. The lowest BCUT2D eigenvalue weighted by atomic mass is 10.1. The first-order valence-electron chi connectivity index (χ1n) is 6.29. The zero-order valence-electron chi connectivity index (χ0n) is 12.0. The van der Waals surface area contributed by atoms with E-state index in [1.54, 1.807) is 32.0 Å². The molecule has 0 fully saturated rings. The van der Waals surface area contributed by atoms with Crippen molar-refractivity contribution in [3.05, 3.63) is 51.0 Å². The standard InChI is InChI=1S/C14H13N3O3S2/c1-9-13(21-10(2)16-9)14(18)17-22(19,20)8-12-6-4-3-5-11(12)7-15/h3-6H,8H2,1-2H3,(H,17,18). The quantitative estimate of drug-likeness (QED) is 0.919. The van der Waals surface area contributed by atoms with Crippen molar-refractivity contribution in [2.45, 2.75) is 19.6 Å². The maximum Gasteiger partial charge on any atom is 0.276 e. The molecular weight excluding hydrogens is 322 g/mol. The summed E-state index contributed by atoms with van der Waals surface area (Å²) >= 11 is 1.14. The molecule has 0 saturated carbocycles. The summed E-state index contributed by atoms with van der Waals surface area (Å²) in [5.74, 6) is -1.13. The van der Waals surface area contributed by atoms with Crippen molar-refractivity contribution in [1.29, 1.82) is 5.26 Å². The van der Waals surface area contributed by atoms with Gasteiger partial charge < -0.3 is 0 Å². The van der Waals surface area contributed by atoms with Crippen molar-refractivity contribution < 1.29 is 13.2 Å². The van der Waals surface area contributed by atoms with Gasteiger partial charge in [0.1, 0.15) is 4.88 Å². The molecule has 1 amide bonds. The number of carbonyl (C=O) groups excluding carboxylic acids is 1. The summed E-state index contributed by atoms with van der Waals surface area (Å²) in [6.07, 6.45) is 0. The number of hydrogen-bond donors (Lipinski definition) is 1. The first-order valence-corrected chi connectivity index (χ1v) is 8.76. The van der Waals surface area contributed by atoms with E-state index in [9.17, 15) is 13.2 Å². The molecule has 0 spiro atoms. The number of thiazole rings is 1. The van der Waals surface area contributed by atoms with E-state index in [-0.39, 0.29) is 10.4 Å². The molecule has 1 aromatic heterocycles. The Labute approximate surface area is 132 Å². The molecule has 1 aromatic carbocycles. The van der Waals surface area contributed by atoms with Crippen LogP contribution in [0.4, 0.5) is 0 Å². The van der Waals surface area contributed by atoms with Gasteiger partial charge in [-0.2, -0.15) is 5.26 Å². The van der Waals surface area contributed by atoms with E-state index in [0.29, 0.717) is 16.3 Å². The van der Waals surface area contributed by atoms with Crippen molar-refractivity contribution in [3.63, 3.8) is 0 Å². The van der Waals surface area contributed by atoms with Gasteiger partial charge in [-0.05, 0) is 25.5 Å². The summed E-state index contributed by atoms with van der Waals surface area (Å²) < 4.78 is 26.2. The van der Waals surface area contributed by atoms with E-state index in [0.717, 1.165) is 11.3 Å². The minimum Gasteiger partial charge on any atom is -0.267 e. The molecule has 0 aliphatic carbocycles. The number of nitriles is 1. The largest absolute Gasteiger partial charge is 0.276 e. The third-order valence-corrected chi connectivity index (χ3v) is 5.10. The molecule has 1 N–H and O–H groups in total. The van der Waals surface area contributed by atoms with Gasteiger partial charge in [0.15, 0.2) is 0 Å². The van der Waals surface area contributed by atoms with Crippen molar-refractivity contribution in [2.75, 3.05) is 0 Å². The number of aromatic nitrogens is 1. The highest BCUT2D eigenvalue weighted by Crippen LogP contribution is 2.18. The molecule has 8 heteroatoms. The molecule has 0 radical (unpaired) electrons. The van der Waals surface area contributed by atoms with Crippen LogP contribution in [0, 0.1) is 25.2 Å². The van der Waals surface area contributed by atoms with E-state index < -0.39 is 21.7 Å². The molecule has 0 bridgehead atoms. The summed E-state index contributed by atoms with van der Waals surface area (Å²) in [7, 11) is -3.89. The van der Waals surface area contributed by atoms with Crippen LogP contribution >= 0.6 is 11.3 Å². The number of benzene rings is 1. The molecule has 6 nitrogen and oxygen atoms in total. The molecule has 2 aromatic rings. The number of aryl methyl sites for hydroxylation is 2. The zero-order valence-corrected chi connectivity index (χ0v) is 13.6. The topological polar surface area (TPSA) is 99.9 Å². The molecule has 0 aliphatic heterocycles. The average Bonchev–Trinajstić information content (AvgIpc) is 2.77. The van der Waals surface area contributed by atoms with E-state index in [1.807, 2.05) is 10.8 Å². The van der Waals surface area contributed by atoms with Crippen molar-refractivity contribution in [1.82, 2.24) is 9.71 Å². The summed E-state index contributed by atoms with van der Waals surface area (Å²) in [5.41, 5.74) is 1.11. The lowest BCUT2D eigenvalue weighted by Gasteiger charge is -2.07. The maximum absolute atomic E-state index is 12.1. The Hall–Kier alpha value is -2.24. The fourth-order valence-electron chi connectivity index (χ4n) is 1.93. The highest BCUT2D eigenvalue weighted by atomic mass is 32.2. The van der Waals surface area contributed by atoms with Gasteiger partial charge in [-0.25, -0.2) is 18.1 Å². The van der Waals surface area contributed by atoms with Gasteiger partial charge in [-0.15, -0.1) is 11.3 Å². The van der Waals surface area contributed by atoms with E-state index in [2.05, 4.69) is 4.98 Å². The van der Waals surface area contributed by atoms with E-state index in [1.165, 1.54) is 6.07 Å². The number of sulfonamides is 1. The fraction of sp³-hybridized carbons (Fsp3) is 0.214. The van der Waals surface area contributed by atoms with Crippen molar-refractivity contribution >= 4 is 27.3 Å². The van der Waals surface area contributed by atoms with Gasteiger partial charge in [0.05, 0.1) is 28.1 Å². The molecule has 0 aliphatic rings. The molecule has 114 valence electrons. The first-order chi connectivity index (χ1) is 10.3. The lowest BCUT2D eigenvalue weighted by Crippen LogP contribution is -2.31. The Bertz CT molecular complexity index is 864. The first kappa shape index (κ1) is 16.1. The van der Waals surface area contributed by atoms with Crippen LogP contribution in [0.5, 0.6) is 0 Å². The van der Waals surface area contributed by atoms with Crippen molar-refractivity contribution in [3.8, 4) is 6.07 Å². The SMILES string of the molecule is Cc1nc(C)c(C(=O)NS(=O)(=O)Cc2ccccc2C#N)s1. The number of hydrogen-bond acceptors (Lipinski definition) is 6. The van der Waals surface area contributed by atoms with Gasteiger partial charge in [0, 0.05) is 0 Å². The number of nitrogens with one attached hydrogen (secondary N) is 1. The minimum atomic E-state index is -3.89. The number of nitrogens with zero attached hydrogens (tertiary/aromatic N) is 2. The predicted molar refractivity (Wildman–Crippen MR) is 82.8 cm³/mol. The Kier molecular flexibility index (Phi) is 4.59. The van der Waals surface area contributed by atoms with Crippen LogP contribution in [-0.4, -0.2) is 19.3 Å². The van der Waals surface area contributed by atoms with Crippen LogP contribution in [0.3, 0.4) is 0 Å². The maximum atomic E-state index is 12.1. The summed E-state index contributed by atoms with van der Waals surface area (Å²) in [5, 5.41) is 9.67. The molecule has 0 unspecified atom stereocenters. The highest BCUT2D eigenvalue weighted by molar-refractivity contribution is 7.89. The minimum absolute atomic E-state index is 0.269. The Morgan fingerprint density at radius 1 is 1.36 bits per heavy atom. The second-order valence-corrected chi connectivity index (χ2v) is 7.53. The smallest absolute Gasteiger partial charge is 0.267 e. The van der Waals surface area contributed by atoms with E-state index in [4.69, 9.17) is 5.26 Å². The number of rotatable bonds is 4. The van der Waals surface area contributed by atoms with Crippen molar-refractivity contribution in [2.24, 2.45) is 0 Å². The molecule has 22 heavy (non-hydrogen) atoms. The Morgan fingerprint density at radius 3 is 2.64 bits per heavy atom. The van der Waals surface area contributed by atoms with Crippen LogP contribution < -0.4 is 4.72 Å². The fourth-order valence-corrected chi connectivity index (χ4v) is 3.92. The number of amides is 1. The van der Waals surface area contributed by atoms with Crippen LogP contribution in [0.25, 0.3) is 0 Å². The molecule has 2 rings (SSSR count). The molecular formula is C14H13N3O3S2. The summed E-state index contributed by atoms with van der Waals surface area (Å²) in [6.45, 7) is 3.39.